The average molecular weight is 569 g/mol. The molecule has 1 aliphatic heterocycles. The van der Waals surface area contributed by atoms with Crippen LogP contribution in [-0.2, 0) is 16.1 Å². The summed E-state index contributed by atoms with van der Waals surface area (Å²) in [7, 11) is 1.34. The standard InChI is InChI=1S/C30H30Cl2N2O5/c1-37-29(36)20-5-2-4-19(14-20)28(35)34-12-10-30(11-13-34)15-21(16-30)38-17-22-26(33-39-27(22)18-8-9-18)25-23(31)6-3-7-24(25)32/h2-7,14,18,21H,8-13,15-17H2,1H3. The van der Waals surface area contributed by atoms with Gasteiger partial charge in [0.05, 0.1) is 35.4 Å². The number of ether oxygens (including phenoxy) is 2. The zero-order valence-electron chi connectivity index (χ0n) is 21.8. The zero-order chi connectivity index (χ0) is 27.1. The number of halogens is 2. The monoisotopic (exact) mass is 568 g/mol. The Morgan fingerprint density at radius 3 is 2.38 bits per heavy atom. The zero-order valence-corrected chi connectivity index (χ0v) is 23.3. The van der Waals surface area contributed by atoms with Crippen molar-refractivity contribution in [3.63, 3.8) is 0 Å². The van der Waals surface area contributed by atoms with E-state index < -0.39 is 5.97 Å². The minimum absolute atomic E-state index is 0.0476. The molecule has 2 aromatic carbocycles. The molecule has 2 heterocycles. The first kappa shape index (κ1) is 26.4. The molecule has 1 amide bonds. The lowest BCUT2D eigenvalue weighted by Crippen LogP contribution is -2.51. The molecule has 1 aromatic heterocycles. The van der Waals surface area contributed by atoms with Crippen LogP contribution < -0.4 is 0 Å². The number of rotatable bonds is 7. The lowest BCUT2D eigenvalue weighted by Gasteiger charge is -2.51. The summed E-state index contributed by atoms with van der Waals surface area (Å²) in [6, 6.07) is 12.2. The van der Waals surface area contributed by atoms with E-state index >= 15 is 0 Å². The Morgan fingerprint density at radius 2 is 1.72 bits per heavy atom. The van der Waals surface area contributed by atoms with Gasteiger partial charge < -0.3 is 18.9 Å². The summed E-state index contributed by atoms with van der Waals surface area (Å²) in [6.45, 7) is 1.80. The minimum atomic E-state index is -0.444. The number of methoxy groups -OCH3 is 1. The molecule has 204 valence electrons. The van der Waals surface area contributed by atoms with Gasteiger partial charge in [-0.05, 0) is 74.3 Å². The van der Waals surface area contributed by atoms with Gasteiger partial charge in [-0.2, -0.15) is 0 Å². The second-order valence-electron chi connectivity index (χ2n) is 11.0. The van der Waals surface area contributed by atoms with Crippen molar-refractivity contribution >= 4 is 35.1 Å². The highest BCUT2D eigenvalue weighted by molar-refractivity contribution is 6.39. The van der Waals surface area contributed by atoms with Gasteiger partial charge in [0.15, 0.2) is 0 Å². The molecule has 39 heavy (non-hydrogen) atoms. The number of esters is 1. The summed E-state index contributed by atoms with van der Waals surface area (Å²) in [5, 5.41) is 5.44. The second kappa shape index (κ2) is 10.6. The predicted octanol–water partition coefficient (Wildman–Crippen LogP) is 6.91. The van der Waals surface area contributed by atoms with Crippen LogP contribution in [0.3, 0.4) is 0 Å². The summed E-state index contributed by atoms with van der Waals surface area (Å²) in [6.07, 6.45) is 6.16. The number of carbonyl (C=O) groups excluding carboxylic acids is 2. The van der Waals surface area contributed by atoms with Crippen LogP contribution in [0, 0.1) is 5.41 Å². The van der Waals surface area contributed by atoms with E-state index in [9.17, 15) is 9.59 Å². The molecule has 3 aromatic rings. The molecule has 0 unspecified atom stereocenters. The second-order valence-corrected chi connectivity index (χ2v) is 11.8. The molecule has 3 fully saturated rings. The highest BCUT2D eigenvalue weighted by Crippen LogP contribution is 2.51. The van der Waals surface area contributed by atoms with Crippen LogP contribution in [0.25, 0.3) is 11.3 Å². The van der Waals surface area contributed by atoms with Crippen LogP contribution in [0.1, 0.15) is 76.5 Å². The fraction of sp³-hybridized carbons (Fsp3) is 0.433. The third kappa shape index (κ3) is 5.20. The maximum absolute atomic E-state index is 13.1. The van der Waals surface area contributed by atoms with Gasteiger partial charge >= 0.3 is 5.97 Å². The summed E-state index contributed by atoms with van der Waals surface area (Å²) in [5.74, 6) is 0.779. The molecule has 2 aliphatic carbocycles. The van der Waals surface area contributed by atoms with Gasteiger partial charge in [0.1, 0.15) is 11.5 Å². The van der Waals surface area contributed by atoms with E-state index in [4.69, 9.17) is 37.2 Å². The highest BCUT2D eigenvalue weighted by Gasteiger charge is 2.47. The molecule has 0 radical (unpaired) electrons. The van der Waals surface area contributed by atoms with Crippen molar-refractivity contribution < 1.29 is 23.6 Å². The Hall–Kier alpha value is -2.87. The molecule has 0 atom stereocenters. The van der Waals surface area contributed by atoms with Crippen molar-refractivity contribution in [3.05, 3.63) is 75.0 Å². The molecule has 0 N–H and O–H groups in total. The van der Waals surface area contributed by atoms with E-state index in [1.165, 1.54) is 7.11 Å². The van der Waals surface area contributed by atoms with Crippen LogP contribution in [-0.4, -0.2) is 48.2 Å². The summed E-state index contributed by atoms with van der Waals surface area (Å²) >= 11 is 13.0. The van der Waals surface area contributed by atoms with Gasteiger partial charge in [-0.15, -0.1) is 0 Å². The number of amides is 1. The van der Waals surface area contributed by atoms with Gasteiger partial charge in [0.2, 0.25) is 0 Å². The van der Waals surface area contributed by atoms with E-state index in [2.05, 4.69) is 5.16 Å². The number of hydrogen-bond acceptors (Lipinski definition) is 6. The first-order valence-electron chi connectivity index (χ1n) is 13.4. The molecule has 3 aliphatic rings. The SMILES string of the molecule is COC(=O)c1cccc(C(=O)N2CCC3(CC2)CC(OCc2c(-c4c(Cl)cccc4Cl)noc2C2CC2)C3)c1. The normalized spacial score (nSPS) is 18.7. The Morgan fingerprint density at radius 1 is 1.05 bits per heavy atom. The van der Waals surface area contributed by atoms with Crippen LogP contribution in [0.2, 0.25) is 10.0 Å². The van der Waals surface area contributed by atoms with Crippen molar-refractivity contribution in [2.24, 2.45) is 5.41 Å². The molecule has 1 saturated heterocycles. The van der Waals surface area contributed by atoms with Gasteiger partial charge in [0, 0.05) is 35.7 Å². The maximum Gasteiger partial charge on any atom is 0.337 e. The Labute approximate surface area is 237 Å². The van der Waals surface area contributed by atoms with Gasteiger partial charge in [0.25, 0.3) is 5.91 Å². The Kier molecular flexibility index (Phi) is 7.16. The van der Waals surface area contributed by atoms with Crippen molar-refractivity contribution in [2.75, 3.05) is 20.2 Å². The van der Waals surface area contributed by atoms with E-state index in [1.54, 1.807) is 24.3 Å². The van der Waals surface area contributed by atoms with Crippen LogP contribution >= 0.6 is 23.2 Å². The van der Waals surface area contributed by atoms with E-state index in [0.29, 0.717) is 58.0 Å². The number of hydrogen-bond donors (Lipinski definition) is 0. The first-order valence-corrected chi connectivity index (χ1v) is 14.2. The summed E-state index contributed by atoms with van der Waals surface area (Å²) in [5.41, 5.74) is 3.41. The van der Waals surface area contributed by atoms with Crippen molar-refractivity contribution in [3.8, 4) is 11.3 Å². The predicted molar refractivity (Wildman–Crippen MR) is 147 cm³/mol. The fourth-order valence-corrected chi connectivity index (χ4v) is 6.52. The molecule has 9 heteroatoms. The Bertz CT molecular complexity index is 1380. The van der Waals surface area contributed by atoms with Crippen LogP contribution in [0.15, 0.2) is 47.0 Å². The summed E-state index contributed by atoms with van der Waals surface area (Å²) in [4.78, 5) is 26.8. The van der Waals surface area contributed by atoms with Crippen molar-refractivity contribution in [1.82, 2.24) is 10.1 Å². The van der Waals surface area contributed by atoms with Crippen molar-refractivity contribution in [2.45, 2.75) is 57.2 Å². The number of piperidine rings is 1. The van der Waals surface area contributed by atoms with Gasteiger partial charge in [-0.1, -0.05) is 40.5 Å². The Balaban J connectivity index is 1.06. The molecule has 6 rings (SSSR count). The quantitative estimate of drug-likeness (QED) is 0.288. The number of benzene rings is 2. The van der Waals surface area contributed by atoms with Crippen LogP contribution in [0.5, 0.6) is 0 Å². The molecular weight excluding hydrogens is 539 g/mol. The first-order chi connectivity index (χ1) is 18.9. The smallest absolute Gasteiger partial charge is 0.337 e. The lowest BCUT2D eigenvalue weighted by molar-refractivity contribution is -0.108. The molecule has 0 bridgehead atoms. The minimum Gasteiger partial charge on any atom is -0.465 e. The number of aromatic nitrogens is 1. The molecule has 1 spiro atoms. The fourth-order valence-electron chi connectivity index (χ4n) is 5.95. The van der Waals surface area contributed by atoms with Crippen LogP contribution in [0.4, 0.5) is 0 Å². The number of nitrogens with zero attached hydrogens (tertiary/aromatic N) is 2. The largest absolute Gasteiger partial charge is 0.465 e. The highest BCUT2D eigenvalue weighted by atomic mass is 35.5. The molecule has 2 saturated carbocycles. The molecule has 7 nitrogen and oxygen atoms in total. The van der Waals surface area contributed by atoms with Crippen molar-refractivity contribution in [1.29, 1.82) is 0 Å². The lowest BCUT2D eigenvalue weighted by atomic mass is 9.61. The number of carbonyl (C=O) groups is 2. The third-order valence-electron chi connectivity index (χ3n) is 8.39. The topological polar surface area (TPSA) is 81.9 Å². The summed E-state index contributed by atoms with van der Waals surface area (Å²) < 4.78 is 16.9. The average Bonchev–Trinajstić information content (AvgIpc) is 3.70. The van der Waals surface area contributed by atoms with E-state index in [1.807, 2.05) is 23.1 Å². The van der Waals surface area contributed by atoms with Gasteiger partial charge in [-0.3, -0.25) is 4.79 Å². The van der Waals surface area contributed by atoms with E-state index in [-0.39, 0.29) is 17.4 Å². The number of likely N-dealkylation sites (tertiary alicyclic amines) is 1. The molecular formula is C30H30Cl2N2O5. The maximum atomic E-state index is 13.1. The van der Waals surface area contributed by atoms with Gasteiger partial charge in [-0.25, -0.2) is 4.79 Å². The third-order valence-corrected chi connectivity index (χ3v) is 9.02. The van der Waals surface area contributed by atoms with E-state index in [0.717, 1.165) is 49.8 Å².